The van der Waals surface area contributed by atoms with Crippen molar-refractivity contribution in [2.75, 3.05) is 6.54 Å². The Morgan fingerprint density at radius 3 is 3.08 bits per heavy atom. The van der Waals surface area contributed by atoms with Gasteiger partial charge >= 0.3 is 0 Å². The number of aromatic nitrogens is 2. The van der Waals surface area contributed by atoms with E-state index in [1.54, 1.807) is 0 Å². The van der Waals surface area contributed by atoms with Gasteiger partial charge in [-0.3, -0.25) is 0 Å². The minimum Gasteiger partial charge on any atom is -0.331 e. The molecule has 1 aromatic heterocycles. The quantitative estimate of drug-likeness (QED) is 0.751. The van der Waals surface area contributed by atoms with Gasteiger partial charge in [-0.2, -0.15) is 0 Å². The van der Waals surface area contributed by atoms with Crippen molar-refractivity contribution in [1.82, 2.24) is 14.9 Å². The van der Waals surface area contributed by atoms with E-state index < -0.39 is 0 Å². The summed E-state index contributed by atoms with van der Waals surface area (Å²) in [5, 5.41) is 3.49. The lowest BCUT2D eigenvalue weighted by Crippen LogP contribution is -2.17. The molecule has 72 valence electrons. The highest BCUT2D eigenvalue weighted by Crippen LogP contribution is 2.24. The fourth-order valence-corrected chi connectivity index (χ4v) is 1.95. The maximum Gasteiger partial charge on any atom is 0.0951 e. The molecule has 2 heterocycles. The molecule has 3 heteroatoms. The zero-order valence-electron chi connectivity index (χ0n) is 8.33. The third-order valence-electron chi connectivity index (χ3n) is 2.67. The lowest BCUT2D eigenvalue weighted by molar-refractivity contribution is 0.519. The van der Waals surface area contributed by atoms with Crippen molar-refractivity contribution in [3.05, 3.63) is 18.2 Å². The first kappa shape index (κ1) is 8.75. The Bertz CT molecular complexity index is 271. The number of nitrogens with one attached hydrogen (secondary N) is 1. The fraction of sp³-hybridized carbons (Fsp3) is 0.700. The summed E-state index contributed by atoms with van der Waals surface area (Å²) in [6, 6.07) is 1.05. The molecule has 0 bridgehead atoms. The summed E-state index contributed by atoms with van der Waals surface area (Å²) in [6.07, 6.45) is 6.45. The average molecular weight is 179 g/mol. The highest BCUT2D eigenvalue weighted by Gasteiger charge is 2.20. The first-order valence-corrected chi connectivity index (χ1v) is 5.04. The van der Waals surface area contributed by atoms with Gasteiger partial charge in [0.05, 0.1) is 12.0 Å². The summed E-state index contributed by atoms with van der Waals surface area (Å²) in [7, 11) is 0. The molecule has 0 radical (unpaired) electrons. The minimum absolute atomic E-state index is 0.514. The summed E-state index contributed by atoms with van der Waals surface area (Å²) in [6.45, 7) is 5.54. The van der Waals surface area contributed by atoms with Crippen molar-refractivity contribution in [2.24, 2.45) is 0 Å². The normalized spacial score (nSPS) is 22.8. The maximum absolute atomic E-state index is 4.21. The SMILES string of the molecule is CC(C)n1cncc1C1CCCN1. The van der Waals surface area contributed by atoms with Gasteiger partial charge in [-0.1, -0.05) is 0 Å². The number of nitrogens with zero attached hydrogens (tertiary/aromatic N) is 2. The van der Waals surface area contributed by atoms with E-state index in [0.29, 0.717) is 12.1 Å². The molecule has 1 aromatic rings. The molecule has 1 aliphatic rings. The summed E-state index contributed by atoms with van der Waals surface area (Å²) in [5.74, 6) is 0. The van der Waals surface area contributed by atoms with E-state index in [0.717, 1.165) is 6.54 Å². The van der Waals surface area contributed by atoms with Crippen LogP contribution in [0.4, 0.5) is 0 Å². The Morgan fingerprint density at radius 1 is 1.62 bits per heavy atom. The van der Waals surface area contributed by atoms with Crippen molar-refractivity contribution >= 4 is 0 Å². The van der Waals surface area contributed by atoms with Crippen molar-refractivity contribution in [3.8, 4) is 0 Å². The van der Waals surface area contributed by atoms with Crippen LogP contribution in [0.1, 0.15) is 44.5 Å². The molecule has 1 aliphatic heterocycles. The molecule has 2 rings (SSSR count). The summed E-state index contributed by atoms with van der Waals surface area (Å²) >= 11 is 0. The predicted octanol–water partition coefficient (Wildman–Crippen LogP) is 1.89. The van der Waals surface area contributed by atoms with Gasteiger partial charge in [0, 0.05) is 18.3 Å². The highest BCUT2D eigenvalue weighted by molar-refractivity contribution is 5.07. The summed E-state index contributed by atoms with van der Waals surface area (Å²) in [5.41, 5.74) is 1.34. The van der Waals surface area contributed by atoms with Crippen molar-refractivity contribution < 1.29 is 0 Å². The van der Waals surface area contributed by atoms with Crippen LogP contribution in [0.25, 0.3) is 0 Å². The number of hydrogen-bond acceptors (Lipinski definition) is 2. The van der Waals surface area contributed by atoms with Crippen molar-refractivity contribution in [1.29, 1.82) is 0 Å². The monoisotopic (exact) mass is 179 g/mol. The van der Waals surface area contributed by atoms with Crippen LogP contribution >= 0.6 is 0 Å². The molecule has 1 N–H and O–H groups in total. The topological polar surface area (TPSA) is 29.9 Å². The molecule has 1 saturated heterocycles. The van der Waals surface area contributed by atoms with E-state index in [9.17, 15) is 0 Å². The van der Waals surface area contributed by atoms with Crippen LogP contribution < -0.4 is 5.32 Å². The third kappa shape index (κ3) is 1.61. The number of imidazole rings is 1. The van der Waals surface area contributed by atoms with Gasteiger partial charge in [-0.25, -0.2) is 4.98 Å². The van der Waals surface area contributed by atoms with Crippen molar-refractivity contribution in [3.63, 3.8) is 0 Å². The fourth-order valence-electron chi connectivity index (χ4n) is 1.95. The second-order valence-electron chi connectivity index (χ2n) is 3.97. The Morgan fingerprint density at radius 2 is 2.46 bits per heavy atom. The smallest absolute Gasteiger partial charge is 0.0951 e. The molecular weight excluding hydrogens is 162 g/mol. The Kier molecular flexibility index (Phi) is 2.36. The molecule has 0 spiro atoms. The Balaban J connectivity index is 2.23. The molecule has 1 fully saturated rings. The molecule has 0 aromatic carbocycles. The lowest BCUT2D eigenvalue weighted by Gasteiger charge is -2.16. The minimum atomic E-state index is 0.514. The first-order valence-electron chi connectivity index (χ1n) is 5.04. The lowest BCUT2D eigenvalue weighted by atomic mass is 10.1. The largest absolute Gasteiger partial charge is 0.331 e. The van der Waals surface area contributed by atoms with Crippen LogP contribution in [-0.2, 0) is 0 Å². The standard InChI is InChI=1S/C10H17N3/c1-8(2)13-7-11-6-10(13)9-4-3-5-12-9/h6-9,12H,3-5H2,1-2H3. The van der Waals surface area contributed by atoms with E-state index in [-0.39, 0.29) is 0 Å². The molecule has 0 aliphatic carbocycles. The third-order valence-corrected chi connectivity index (χ3v) is 2.67. The average Bonchev–Trinajstić information content (AvgIpc) is 2.74. The van der Waals surface area contributed by atoms with Crippen molar-refractivity contribution in [2.45, 2.75) is 38.8 Å². The zero-order valence-corrected chi connectivity index (χ0v) is 8.33. The predicted molar refractivity (Wildman–Crippen MR) is 52.6 cm³/mol. The molecule has 1 unspecified atom stereocenters. The van der Waals surface area contributed by atoms with Crippen LogP contribution in [-0.4, -0.2) is 16.1 Å². The number of hydrogen-bond donors (Lipinski definition) is 1. The van der Waals surface area contributed by atoms with Crippen LogP contribution in [0, 0.1) is 0 Å². The zero-order chi connectivity index (χ0) is 9.26. The molecule has 1 atom stereocenters. The van der Waals surface area contributed by atoms with E-state index in [2.05, 4.69) is 28.7 Å². The molecule has 0 saturated carbocycles. The Hall–Kier alpha value is -0.830. The molecule has 3 nitrogen and oxygen atoms in total. The van der Waals surface area contributed by atoms with Gasteiger partial charge in [-0.15, -0.1) is 0 Å². The van der Waals surface area contributed by atoms with Gasteiger partial charge < -0.3 is 9.88 Å². The van der Waals surface area contributed by atoms with E-state index in [1.165, 1.54) is 18.5 Å². The highest BCUT2D eigenvalue weighted by atomic mass is 15.1. The second kappa shape index (κ2) is 3.50. The number of rotatable bonds is 2. The van der Waals surface area contributed by atoms with Crippen LogP contribution in [0.3, 0.4) is 0 Å². The summed E-state index contributed by atoms with van der Waals surface area (Å²) in [4.78, 5) is 4.21. The maximum atomic E-state index is 4.21. The van der Waals surface area contributed by atoms with Crippen LogP contribution in [0.5, 0.6) is 0 Å². The van der Waals surface area contributed by atoms with E-state index in [4.69, 9.17) is 0 Å². The van der Waals surface area contributed by atoms with Crippen LogP contribution in [0.2, 0.25) is 0 Å². The van der Waals surface area contributed by atoms with E-state index >= 15 is 0 Å². The molecular formula is C10H17N3. The Labute approximate surface area is 79.2 Å². The second-order valence-corrected chi connectivity index (χ2v) is 3.97. The van der Waals surface area contributed by atoms with Gasteiger partial charge in [0.25, 0.3) is 0 Å². The van der Waals surface area contributed by atoms with Gasteiger partial charge in [0.15, 0.2) is 0 Å². The van der Waals surface area contributed by atoms with Gasteiger partial charge in [0.2, 0.25) is 0 Å². The van der Waals surface area contributed by atoms with Crippen LogP contribution in [0.15, 0.2) is 12.5 Å². The first-order chi connectivity index (χ1) is 6.29. The van der Waals surface area contributed by atoms with E-state index in [1.807, 2.05) is 12.5 Å². The molecule has 13 heavy (non-hydrogen) atoms. The summed E-state index contributed by atoms with van der Waals surface area (Å²) < 4.78 is 2.25. The molecule has 0 amide bonds. The van der Waals surface area contributed by atoms with Gasteiger partial charge in [-0.05, 0) is 33.2 Å². The van der Waals surface area contributed by atoms with Gasteiger partial charge in [0.1, 0.15) is 0 Å².